The monoisotopic (exact) mass is 430 g/mol. The third-order valence-electron chi connectivity index (χ3n) is 4.54. The van der Waals surface area contributed by atoms with Crippen LogP contribution in [0.1, 0.15) is 20.8 Å². The van der Waals surface area contributed by atoms with Crippen LogP contribution in [0.2, 0.25) is 0 Å². The molecule has 0 spiro atoms. The number of nitrogens with zero attached hydrogens (tertiary/aromatic N) is 1. The standard InChI is InChI=1S/C21H22N2O4S2/c1-14-17-11-13-28-20(17)21(24)22-12-5-6-18(27-4)19(14)15-7-9-16(10-8-15)29(25,26)23(2)3/h5-11,13H,1,12H2,2-4H3,(H,22,24)/b6-5-,19-18-. The fourth-order valence-electron chi connectivity index (χ4n) is 2.98. The average molecular weight is 431 g/mol. The van der Waals surface area contributed by atoms with E-state index in [0.717, 1.165) is 11.1 Å². The topological polar surface area (TPSA) is 75.7 Å². The molecule has 1 aromatic carbocycles. The Hall–Kier alpha value is -2.68. The van der Waals surface area contributed by atoms with Gasteiger partial charge in [-0.25, -0.2) is 12.7 Å². The average Bonchev–Trinajstić information content (AvgIpc) is 3.19. The number of thiophene rings is 1. The van der Waals surface area contributed by atoms with Crippen LogP contribution in [0.4, 0.5) is 0 Å². The molecule has 6 nitrogen and oxygen atoms in total. The largest absolute Gasteiger partial charge is 0.496 e. The van der Waals surface area contributed by atoms with Crippen LogP contribution in [-0.2, 0) is 14.8 Å². The maximum Gasteiger partial charge on any atom is 0.262 e. The lowest BCUT2D eigenvalue weighted by molar-refractivity contribution is 0.0961. The number of nitrogens with one attached hydrogen (secondary N) is 1. The molecule has 0 atom stereocenters. The summed E-state index contributed by atoms with van der Waals surface area (Å²) in [5.41, 5.74) is 2.79. The second-order valence-corrected chi connectivity index (χ2v) is 9.58. The molecular formula is C21H22N2O4S2. The van der Waals surface area contributed by atoms with Gasteiger partial charge in [0.05, 0.1) is 16.9 Å². The number of sulfonamides is 1. The molecule has 1 N–H and O–H groups in total. The highest BCUT2D eigenvalue weighted by Gasteiger charge is 2.23. The molecule has 8 heteroatoms. The molecule has 0 radical (unpaired) electrons. The number of allylic oxidation sites excluding steroid dienone is 3. The Bertz CT molecular complexity index is 1110. The molecule has 1 amide bonds. The van der Waals surface area contributed by atoms with Crippen LogP contribution in [0.25, 0.3) is 11.1 Å². The summed E-state index contributed by atoms with van der Waals surface area (Å²) in [5.74, 6) is 0.417. The van der Waals surface area contributed by atoms with Crippen molar-refractivity contribution in [2.75, 3.05) is 27.7 Å². The zero-order valence-electron chi connectivity index (χ0n) is 16.4. The van der Waals surface area contributed by atoms with Gasteiger partial charge in [0.15, 0.2) is 0 Å². The van der Waals surface area contributed by atoms with E-state index < -0.39 is 10.0 Å². The molecule has 0 fully saturated rings. The highest BCUT2D eigenvalue weighted by atomic mass is 32.2. The van der Waals surface area contributed by atoms with Gasteiger partial charge in [0.1, 0.15) is 5.76 Å². The van der Waals surface area contributed by atoms with Crippen molar-refractivity contribution in [1.29, 1.82) is 0 Å². The summed E-state index contributed by atoms with van der Waals surface area (Å²) < 4.78 is 31.5. The summed E-state index contributed by atoms with van der Waals surface area (Å²) in [5, 5.41) is 4.69. The smallest absolute Gasteiger partial charge is 0.262 e. The lowest BCUT2D eigenvalue weighted by Crippen LogP contribution is -2.23. The second-order valence-electron chi connectivity index (χ2n) is 6.51. The number of carbonyl (C=O) groups is 1. The first-order valence-corrected chi connectivity index (χ1v) is 11.1. The maximum atomic E-state index is 12.4. The number of hydrogen-bond donors (Lipinski definition) is 1. The molecule has 0 aliphatic carbocycles. The van der Waals surface area contributed by atoms with Crippen LogP contribution >= 0.6 is 11.3 Å². The highest BCUT2D eigenvalue weighted by molar-refractivity contribution is 7.89. The van der Waals surface area contributed by atoms with Crippen LogP contribution in [0.3, 0.4) is 0 Å². The van der Waals surface area contributed by atoms with Gasteiger partial charge in [0.2, 0.25) is 10.0 Å². The third kappa shape index (κ3) is 4.05. The number of carbonyl (C=O) groups excluding carboxylic acids is 1. The van der Waals surface area contributed by atoms with Crippen LogP contribution in [0.5, 0.6) is 0 Å². The van der Waals surface area contributed by atoms with E-state index in [9.17, 15) is 13.2 Å². The minimum Gasteiger partial charge on any atom is -0.496 e. The van der Waals surface area contributed by atoms with Crippen LogP contribution < -0.4 is 5.32 Å². The number of benzene rings is 1. The van der Waals surface area contributed by atoms with E-state index in [0.29, 0.717) is 28.3 Å². The fourth-order valence-corrected chi connectivity index (χ4v) is 4.72. The summed E-state index contributed by atoms with van der Waals surface area (Å²) in [7, 11) is 1.02. The van der Waals surface area contributed by atoms with E-state index in [1.54, 1.807) is 43.5 Å². The molecule has 0 saturated carbocycles. The molecule has 1 aromatic heterocycles. The zero-order chi connectivity index (χ0) is 21.2. The van der Waals surface area contributed by atoms with Crippen molar-refractivity contribution in [2.24, 2.45) is 0 Å². The summed E-state index contributed by atoms with van der Waals surface area (Å²) in [6.07, 6.45) is 3.58. The van der Waals surface area contributed by atoms with E-state index in [2.05, 4.69) is 11.9 Å². The molecule has 29 heavy (non-hydrogen) atoms. The Kier molecular flexibility index (Phi) is 6.07. The van der Waals surface area contributed by atoms with Gasteiger partial charge >= 0.3 is 0 Å². The number of amides is 1. The van der Waals surface area contributed by atoms with Gasteiger partial charge in [-0.2, -0.15) is 0 Å². The van der Waals surface area contributed by atoms with E-state index in [1.165, 1.54) is 29.7 Å². The number of hydrogen-bond acceptors (Lipinski definition) is 5. The first-order chi connectivity index (χ1) is 13.8. The quantitative estimate of drug-likeness (QED) is 0.807. The predicted molar refractivity (Wildman–Crippen MR) is 116 cm³/mol. The van der Waals surface area contributed by atoms with Crippen molar-refractivity contribution >= 4 is 38.4 Å². The molecule has 0 unspecified atom stereocenters. The Labute approximate surface area is 174 Å². The van der Waals surface area contributed by atoms with E-state index in [4.69, 9.17) is 4.74 Å². The molecule has 1 aliphatic heterocycles. The van der Waals surface area contributed by atoms with Crippen LogP contribution in [-0.4, -0.2) is 46.4 Å². The predicted octanol–water partition coefficient (Wildman–Crippen LogP) is 3.37. The Balaban J connectivity index is 2.17. The maximum absolute atomic E-state index is 12.4. The molecule has 0 bridgehead atoms. The number of rotatable bonds is 4. The molecule has 2 heterocycles. The Morgan fingerprint density at radius 1 is 1.17 bits per heavy atom. The van der Waals surface area contributed by atoms with Crippen LogP contribution in [0, 0.1) is 0 Å². The fraction of sp³-hybridized carbons (Fsp3) is 0.190. The number of fused-ring (bicyclic) bond motifs is 1. The van der Waals surface area contributed by atoms with Crippen LogP contribution in [0.15, 0.2) is 65.1 Å². The van der Waals surface area contributed by atoms with Gasteiger partial charge in [-0.05, 0) is 40.8 Å². The highest BCUT2D eigenvalue weighted by Crippen LogP contribution is 2.37. The first kappa shape index (κ1) is 21.0. The van der Waals surface area contributed by atoms with Crippen molar-refractivity contribution in [3.05, 3.63) is 76.2 Å². The van der Waals surface area contributed by atoms with Crippen molar-refractivity contribution in [1.82, 2.24) is 9.62 Å². The minimum absolute atomic E-state index is 0.159. The minimum atomic E-state index is -3.53. The summed E-state index contributed by atoms with van der Waals surface area (Å²) in [6, 6.07) is 8.42. The van der Waals surface area contributed by atoms with Crippen molar-refractivity contribution in [3.63, 3.8) is 0 Å². The normalized spacial score (nSPS) is 18.9. The zero-order valence-corrected chi connectivity index (χ0v) is 18.1. The summed E-state index contributed by atoms with van der Waals surface area (Å²) in [4.78, 5) is 13.2. The first-order valence-electron chi connectivity index (χ1n) is 8.80. The SMILES string of the molecule is C=C1/C(c2ccc(S(=O)(=O)N(C)C)cc2)=C(OC)\C=C/CNC(=O)c2sccc21. The lowest BCUT2D eigenvalue weighted by atomic mass is 9.92. The molecule has 1 aliphatic rings. The van der Waals surface area contributed by atoms with Gasteiger partial charge in [0.25, 0.3) is 5.91 Å². The van der Waals surface area contributed by atoms with E-state index >= 15 is 0 Å². The molecule has 0 saturated heterocycles. The van der Waals surface area contributed by atoms with Crippen molar-refractivity contribution in [3.8, 4) is 0 Å². The van der Waals surface area contributed by atoms with Crippen molar-refractivity contribution < 1.29 is 17.9 Å². The van der Waals surface area contributed by atoms with Gasteiger partial charge in [-0.1, -0.05) is 24.8 Å². The Morgan fingerprint density at radius 2 is 1.86 bits per heavy atom. The van der Waals surface area contributed by atoms with Crippen molar-refractivity contribution in [2.45, 2.75) is 4.90 Å². The Morgan fingerprint density at radius 3 is 2.48 bits per heavy atom. The number of methoxy groups -OCH3 is 1. The third-order valence-corrected chi connectivity index (χ3v) is 7.28. The summed E-state index contributed by atoms with van der Waals surface area (Å²) >= 11 is 1.35. The van der Waals surface area contributed by atoms with E-state index in [1.807, 2.05) is 11.4 Å². The second kappa shape index (κ2) is 8.36. The number of ether oxygens (including phenoxy) is 1. The molecular weight excluding hydrogens is 408 g/mol. The lowest BCUT2D eigenvalue weighted by Gasteiger charge is -2.18. The summed E-state index contributed by atoms with van der Waals surface area (Å²) in [6.45, 7) is 4.58. The van der Waals surface area contributed by atoms with Gasteiger partial charge < -0.3 is 10.1 Å². The molecule has 2 aromatic rings. The molecule has 3 rings (SSSR count). The van der Waals surface area contributed by atoms with E-state index in [-0.39, 0.29) is 10.8 Å². The molecule has 152 valence electrons. The van der Waals surface area contributed by atoms with Gasteiger partial charge in [-0.15, -0.1) is 11.3 Å². The van der Waals surface area contributed by atoms with Gasteiger partial charge in [0, 0.05) is 31.8 Å². The van der Waals surface area contributed by atoms with Gasteiger partial charge in [-0.3, -0.25) is 4.79 Å².